The first-order valence-electron chi connectivity index (χ1n) is 7.11. The lowest BCUT2D eigenvalue weighted by Crippen LogP contribution is -2.39. The molecule has 1 heterocycles. The van der Waals surface area contributed by atoms with E-state index < -0.39 is 5.60 Å². The van der Waals surface area contributed by atoms with Crippen LogP contribution in [0.4, 0.5) is 0 Å². The minimum Gasteiger partial charge on any atom is -0.389 e. The molecule has 1 aliphatic heterocycles. The fourth-order valence-corrected chi connectivity index (χ4v) is 2.62. The van der Waals surface area contributed by atoms with Gasteiger partial charge < -0.3 is 10.0 Å². The Balaban J connectivity index is 1.88. The Labute approximate surface area is 121 Å². The van der Waals surface area contributed by atoms with Gasteiger partial charge in [-0.1, -0.05) is 24.3 Å². The number of hydrogen-bond donors (Lipinski definition) is 1. The molecule has 110 valence electrons. The van der Waals surface area contributed by atoms with Crippen molar-refractivity contribution < 1.29 is 9.90 Å². The third-order valence-corrected chi connectivity index (χ3v) is 3.98. The average Bonchev–Trinajstić information content (AvgIpc) is 2.71. The maximum Gasteiger partial charge on any atom is 0.236 e. The smallest absolute Gasteiger partial charge is 0.236 e. The summed E-state index contributed by atoms with van der Waals surface area (Å²) in [5.41, 5.74) is 1.74. The summed E-state index contributed by atoms with van der Waals surface area (Å²) in [7, 11) is 1.84. The van der Waals surface area contributed by atoms with E-state index >= 15 is 0 Å². The zero-order valence-electron chi connectivity index (χ0n) is 12.6. The largest absolute Gasteiger partial charge is 0.389 e. The highest BCUT2D eigenvalue weighted by Crippen LogP contribution is 2.20. The topological polar surface area (TPSA) is 43.8 Å². The van der Waals surface area contributed by atoms with E-state index in [-0.39, 0.29) is 5.91 Å². The summed E-state index contributed by atoms with van der Waals surface area (Å²) in [4.78, 5) is 16.0. The Morgan fingerprint density at radius 3 is 2.75 bits per heavy atom. The molecule has 2 rings (SSSR count). The van der Waals surface area contributed by atoms with Crippen LogP contribution in [0.15, 0.2) is 24.3 Å². The molecule has 1 atom stereocenters. The van der Waals surface area contributed by atoms with Crippen LogP contribution in [0.1, 0.15) is 24.5 Å². The standard InChI is InChI=1S/C16H24N2O2/c1-13-6-4-5-7-14(13)10-17(3)15(19)11-18-9-8-16(2,20)12-18/h4-7,20H,8-12H2,1-3H3. The SMILES string of the molecule is Cc1ccccc1CN(C)C(=O)CN1CCC(C)(O)C1. The molecule has 1 aliphatic rings. The summed E-state index contributed by atoms with van der Waals surface area (Å²) in [5.74, 6) is 0.103. The molecule has 0 radical (unpaired) electrons. The van der Waals surface area contributed by atoms with Crippen LogP contribution in [0.5, 0.6) is 0 Å². The van der Waals surface area contributed by atoms with Gasteiger partial charge >= 0.3 is 0 Å². The Hall–Kier alpha value is -1.39. The van der Waals surface area contributed by atoms with E-state index in [2.05, 4.69) is 19.1 Å². The van der Waals surface area contributed by atoms with Crippen molar-refractivity contribution >= 4 is 5.91 Å². The first kappa shape index (κ1) is 15.0. The van der Waals surface area contributed by atoms with Crippen molar-refractivity contribution in [2.45, 2.75) is 32.4 Å². The number of rotatable bonds is 4. The number of carbonyl (C=O) groups excluding carboxylic acids is 1. The minimum absolute atomic E-state index is 0.103. The van der Waals surface area contributed by atoms with Crippen molar-refractivity contribution in [3.63, 3.8) is 0 Å². The van der Waals surface area contributed by atoms with Gasteiger partial charge in [0.2, 0.25) is 5.91 Å². The summed E-state index contributed by atoms with van der Waals surface area (Å²) in [6.07, 6.45) is 0.738. The van der Waals surface area contributed by atoms with Crippen LogP contribution in [0.25, 0.3) is 0 Å². The first-order valence-corrected chi connectivity index (χ1v) is 7.11. The minimum atomic E-state index is -0.644. The molecule has 0 bridgehead atoms. The van der Waals surface area contributed by atoms with E-state index in [1.165, 1.54) is 11.1 Å². The average molecular weight is 276 g/mol. The molecular weight excluding hydrogens is 252 g/mol. The summed E-state index contributed by atoms with van der Waals surface area (Å²) >= 11 is 0. The summed E-state index contributed by atoms with van der Waals surface area (Å²) < 4.78 is 0. The van der Waals surface area contributed by atoms with E-state index in [1.54, 1.807) is 4.90 Å². The van der Waals surface area contributed by atoms with Gasteiger partial charge in [-0.25, -0.2) is 0 Å². The summed E-state index contributed by atoms with van der Waals surface area (Å²) in [6.45, 7) is 6.28. The molecule has 20 heavy (non-hydrogen) atoms. The fraction of sp³-hybridized carbons (Fsp3) is 0.562. The number of carbonyl (C=O) groups is 1. The van der Waals surface area contributed by atoms with E-state index in [0.717, 1.165) is 13.0 Å². The van der Waals surface area contributed by atoms with Crippen LogP contribution in [0, 0.1) is 6.92 Å². The Morgan fingerprint density at radius 1 is 1.45 bits per heavy atom. The van der Waals surface area contributed by atoms with Crippen molar-refractivity contribution in [3.05, 3.63) is 35.4 Å². The molecular formula is C16H24N2O2. The Bertz CT molecular complexity index is 485. The zero-order chi connectivity index (χ0) is 14.8. The number of β-amino-alcohol motifs (C(OH)–C–C–N with tert-alkyl or cyclic N) is 1. The predicted molar refractivity (Wildman–Crippen MR) is 79.3 cm³/mol. The maximum absolute atomic E-state index is 12.2. The van der Waals surface area contributed by atoms with E-state index in [4.69, 9.17) is 0 Å². The highest BCUT2D eigenvalue weighted by molar-refractivity contribution is 5.78. The molecule has 0 aromatic heterocycles. The van der Waals surface area contributed by atoms with E-state index in [0.29, 0.717) is 19.6 Å². The molecule has 0 spiro atoms. The lowest BCUT2D eigenvalue weighted by atomic mass is 10.1. The van der Waals surface area contributed by atoms with Gasteiger partial charge in [-0.05, 0) is 31.4 Å². The Morgan fingerprint density at radius 2 is 2.15 bits per heavy atom. The molecule has 1 saturated heterocycles. The van der Waals surface area contributed by atoms with Gasteiger partial charge in [-0.2, -0.15) is 0 Å². The lowest BCUT2D eigenvalue weighted by Gasteiger charge is -2.23. The number of nitrogens with zero attached hydrogens (tertiary/aromatic N) is 2. The highest BCUT2D eigenvalue weighted by atomic mass is 16.3. The predicted octanol–water partition coefficient (Wildman–Crippen LogP) is 1.41. The van der Waals surface area contributed by atoms with Crippen LogP contribution in [-0.4, -0.2) is 53.1 Å². The number of likely N-dealkylation sites (N-methyl/N-ethyl adjacent to an activating group) is 1. The highest BCUT2D eigenvalue weighted by Gasteiger charge is 2.32. The van der Waals surface area contributed by atoms with E-state index in [9.17, 15) is 9.90 Å². The van der Waals surface area contributed by atoms with Crippen molar-refractivity contribution in [2.75, 3.05) is 26.7 Å². The van der Waals surface area contributed by atoms with Crippen LogP contribution in [0.2, 0.25) is 0 Å². The Kier molecular flexibility index (Phi) is 4.45. The lowest BCUT2D eigenvalue weighted by molar-refractivity contribution is -0.131. The van der Waals surface area contributed by atoms with Crippen LogP contribution >= 0.6 is 0 Å². The second-order valence-corrected chi connectivity index (χ2v) is 6.13. The van der Waals surface area contributed by atoms with Crippen LogP contribution in [-0.2, 0) is 11.3 Å². The normalized spacial score (nSPS) is 23.0. The van der Waals surface area contributed by atoms with Gasteiger partial charge in [0.15, 0.2) is 0 Å². The van der Waals surface area contributed by atoms with Crippen LogP contribution in [0.3, 0.4) is 0 Å². The molecule has 4 nitrogen and oxygen atoms in total. The van der Waals surface area contributed by atoms with Gasteiger partial charge in [0, 0.05) is 26.7 Å². The number of amides is 1. The molecule has 1 unspecified atom stereocenters. The van der Waals surface area contributed by atoms with Crippen molar-refractivity contribution in [1.29, 1.82) is 0 Å². The van der Waals surface area contributed by atoms with Gasteiger partial charge in [0.1, 0.15) is 0 Å². The molecule has 1 aromatic carbocycles. The monoisotopic (exact) mass is 276 g/mol. The molecule has 1 amide bonds. The third-order valence-electron chi connectivity index (χ3n) is 3.98. The van der Waals surface area contributed by atoms with Crippen LogP contribution < -0.4 is 0 Å². The molecule has 1 aromatic rings. The second-order valence-electron chi connectivity index (χ2n) is 6.13. The van der Waals surface area contributed by atoms with E-state index in [1.807, 2.05) is 31.0 Å². The third kappa shape index (κ3) is 3.81. The first-order chi connectivity index (χ1) is 9.37. The summed E-state index contributed by atoms with van der Waals surface area (Å²) in [5, 5.41) is 9.92. The fourth-order valence-electron chi connectivity index (χ4n) is 2.62. The molecule has 1 N–H and O–H groups in total. The molecule has 1 fully saturated rings. The van der Waals surface area contributed by atoms with Crippen molar-refractivity contribution in [3.8, 4) is 0 Å². The van der Waals surface area contributed by atoms with Gasteiger partial charge in [-0.3, -0.25) is 9.69 Å². The number of aryl methyl sites for hydroxylation is 1. The maximum atomic E-state index is 12.2. The zero-order valence-corrected chi connectivity index (χ0v) is 12.6. The van der Waals surface area contributed by atoms with Gasteiger partial charge in [0.05, 0.1) is 12.1 Å². The van der Waals surface area contributed by atoms with Crippen molar-refractivity contribution in [2.24, 2.45) is 0 Å². The number of benzene rings is 1. The number of aliphatic hydroxyl groups is 1. The van der Waals surface area contributed by atoms with Crippen molar-refractivity contribution in [1.82, 2.24) is 9.80 Å². The van der Waals surface area contributed by atoms with Gasteiger partial charge in [-0.15, -0.1) is 0 Å². The molecule has 0 saturated carbocycles. The second kappa shape index (κ2) is 5.94. The number of hydrogen-bond acceptors (Lipinski definition) is 3. The molecule has 0 aliphatic carbocycles. The number of likely N-dealkylation sites (tertiary alicyclic amines) is 1. The molecule has 4 heteroatoms. The summed E-state index contributed by atoms with van der Waals surface area (Å²) in [6, 6.07) is 8.12. The van der Waals surface area contributed by atoms with Gasteiger partial charge in [0.25, 0.3) is 0 Å². The quantitative estimate of drug-likeness (QED) is 0.904.